The molecule has 244 valence electrons. The van der Waals surface area contributed by atoms with Crippen LogP contribution in [0.15, 0.2) is 82.6 Å². The zero-order valence-electron chi connectivity index (χ0n) is 24.3. The summed E-state index contributed by atoms with van der Waals surface area (Å²) in [5.41, 5.74) is -9.42. The molecule has 0 spiro atoms. The van der Waals surface area contributed by atoms with E-state index in [4.69, 9.17) is 12.8 Å². The number of halogens is 6. The molecule has 6 nitrogen and oxygen atoms in total. The Morgan fingerprint density at radius 2 is 0.857 bits per heavy atom. The number of carbonyl (C=O) groups excluding carboxylic acids is 4. The molecule has 0 unspecified atom stereocenters. The van der Waals surface area contributed by atoms with Gasteiger partial charge in [-0.15, -0.1) is 38.1 Å². The molecular weight excluding hydrogens is 691 g/mol. The first-order valence-electron chi connectivity index (χ1n) is 13.8. The molecule has 49 heavy (non-hydrogen) atoms. The number of nitrogens with zero attached hydrogens (tertiary/aromatic N) is 2. The van der Waals surface area contributed by atoms with Gasteiger partial charge < -0.3 is 0 Å². The predicted octanol–water partition coefficient (Wildman–Crippen LogP) is 7.24. The average molecular weight is 707 g/mol. The Hall–Kier alpha value is -5.44. The lowest BCUT2D eigenvalue weighted by Gasteiger charge is -2.39. The fourth-order valence-corrected chi connectivity index (χ4v) is 6.43. The van der Waals surface area contributed by atoms with Gasteiger partial charge in [0.1, 0.15) is 0 Å². The molecule has 2 heterocycles. The van der Waals surface area contributed by atoms with Gasteiger partial charge >= 0.3 is 12.4 Å². The summed E-state index contributed by atoms with van der Waals surface area (Å²) < 4.78 is 91.6. The molecule has 4 aromatic rings. The normalized spacial score (nSPS) is 14.6. The Balaban J connectivity index is 1.56. The number of alkyl halides is 6. The molecule has 0 saturated heterocycles. The standard InChI is InChI=1S/C35H16F6N2O4S2/c1-3-17-5-9-21-23(13-17)31(46)42(29(21)44)25-15-19(7-11-27(25)48)33(34(36,37)38,35(39,40)41)20-8-12-28(49)26(16-20)43-30(45)22-10-6-18(4-2)14-24(22)32(43)47/h1-2,5-16,48-49H. The molecule has 0 aliphatic carbocycles. The lowest BCUT2D eigenvalue weighted by Crippen LogP contribution is -2.55. The van der Waals surface area contributed by atoms with Crippen LogP contribution in [-0.4, -0.2) is 36.0 Å². The first-order chi connectivity index (χ1) is 23.0. The number of rotatable bonds is 4. The van der Waals surface area contributed by atoms with Crippen molar-refractivity contribution in [1.29, 1.82) is 0 Å². The number of carbonyl (C=O) groups is 4. The monoisotopic (exact) mass is 706 g/mol. The fourth-order valence-electron chi connectivity index (χ4n) is 5.95. The minimum Gasteiger partial charge on any atom is -0.268 e. The maximum atomic E-state index is 15.3. The number of hydrogen-bond donors (Lipinski definition) is 2. The summed E-state index contributed by atoms with van der Waals surface area (Å²) in [5.74, 6) is 0.407. The van der Waals surface area contributed by atoms with Crippen LogP contribution in [0.2, 0.25) is 0 Å². The Labute approximate surface area is 284 Å². The first kappa shape index (κ1) is 33.5. The van der Waals surface area contributed by atoms with E-state index in [1.54, 1.807) is 0 Å². The maximum absolute atomic E-state index is 15.3. The van der Waals surface area contributed by atoms with Crippen molar-refractivity contribution in [3.63, 3.8) is 0 Å². The van der Waals surface area contributed by atoms with Gasteiger partial charge in [-0.25, -0.2) is 9.80 Å². The zero-order chi connectivity index (χ0) is 35.8. The van der Waals surface area contributed by atoms with Gasteiger partial charge in [0.05, 0.1) is 33.6 Å². The van der Waals surface area contributed by atoms with E-state index in [0.29, 0.717) is 34.1 Å². The SMILES string of the molecule is C#Cc1ccc2c(c1)C(=O)N(c1cc(C(c3ccc(S)c(N4C(=O)c5ccc(C#C)cc5C4=O)c3)(C(F)(F)F)C(F)(F)F)ccc1S)C2=O. The summed E-state index contributed by atoms with van der Waals surface area (Å²) in [4.78, 5) is 53.5. The summed E-state index contributed by atoms with van der Waals surface area (Å²) in [5, 5.41) is 0. The zero-order valence-corrected chi connectivity index (χ0v) is 26.1. The summed E-state index contributed by atoms with van der Waals surface area (Å²) in [6, 6.07) is 10.9. The quantitative estimate of drug-likeness (QED) is 0.102. The lowest BCUT2D eigenvalue weighted by atomic mass is 9.72. The van der Waals surface area contributed by atoms with E-state index >= 15 is 26.3 Å². The molecule has 0 saturated carbocycles. The smallest absolute Gasteiger partial charge is 0.268 e. The van der Waals surface area contributed by atoms with Gasteiger partial charge in [-0.05, 0) is 71.8 Å². The van der Waals surface area contributed by atoms with Crippen LogP contribution in [0.3, 0.4) is 0 Å². The topological polar surface area (TPSA) is 74.8 Å². The predicted molar refractivity (Wildman–Crippen MR) is 171 cm³/mol. The van der Waals surface area contributed by atoms with Crippen LogP contribution in [0.25, 0.3) is 0 Å². The highest BCUT2D eigenvalue weighted by molar-refractivity contribution is 7.80. The highest BCUT2D eigenvalue weighted by Gasteiger charge is 2.72. The van der Waals surface area contributed by atoms with Crippen LogP contribution in [0.4, 0.5) is 37.7 Å². The van der Waals surface area contributed by atoms with Crippen LogP contribution in [0.5, 0.6) is 0 Å². The first-order valence-corrected chi connectivity index (χ1v) is 14.7. The summed E-state index contributed by atoms with van der Waals surface area (Å²) in [7, 11) is 0. The van der Waals surface area contributed by atoms with Crippen molar-refractivity contribution >= 4 is 60.3 Å². The largest absolute Gasteiger partial charge is 0.411 e. The number of benzene rings is 4. The lowest BCUT2D eigenvalue weighted by molar-refractivity contribution is -0.288. The minimum absolute atomic E-state index is 0.177. The number of hydrogen-bond acceptors (Lipinski definition) is 6. The number of terminal acetylenes is 2. The van der Waals surface area contributed by atoms with Crippen LogP contribution >= 0.6 is 25.3 Å². The van der Waals surface area contributed by atoms with Crippen LogP contribution < -0.4 is 9.80 Å². The van der Waals surface area contributed by atoms with E-state index < -0.39 is 63.9 Å². The Bertz CT molecular complexity index is 2110. The molecule has 0 N–H and O–H groups in total. The van der Waals surface area contributed by atoms with Crippen molar-refractivity contribution in [2.75, 3.05) is 9.80 Å². The molecule has 14 heteroatoms. The molecule has 0 radical (unpaired) electrons. The third kappa shape index (κ3) is 4.82. The highest BCUT2D eigenvalue weighted by atomic mass is 32.1. The number of fused-ring (bicyclic) bond motifs is 2. The van der Waals surface area contributed by atoms with E-state index in [1.807, 2.05) is 0 Å². The Morgan fingerprint density at radius 3 is 1.18 bits per heavy atom. The van der Waals surface area contributed by atoms with E-state index in [-0.39, 0.29) is 43.2 Å². The fraction of sp³-hybridized carbons (Fsp3) is 0.0857. The summed E-state index contributed by atoms with van der Waals surface area (Å²) in [6.07, 6.45) is -1.53. The van der Waals surface area contributed by atoms with Gasteiger partial charge in [0.2, 0.25) is 5.41 Å². The molecule has 0 atom stereocenters. The molecule has 4 aromatic carbocycles. The second-order valence-corrected chi connectivity index (χ2v) is 11.8. The van der Waals surface area contributed by atoms with Crippen LogP contribution in [0.1, 0.15) is 63.7 Å². The molecule has 0 bridgehead atoms. The molecule has 2 aliphatic rings. The van der Waals surface area contributed by atoms with Crippen LogP contribution in [0, 0.1) is 24.7 Å². The van der Waals surface area contributed by atoms with E-state index in [1.165, 1.54) is 36.4 Å². The molecule has 4 amide bonds. The van der Waals surface area contributed by atoms with Crippen molar-refractivity contribution < 1.29 is 45.5 Å². The number of imide groups is 2. The molecule has 0 aromatic heterocycles. The van der Waals surface area contributed by atoms with E-state index in [2.05, 4.69) is 37.1 Å². The molecular formula is C35H16F6N2O4S2. The van der Waals surface area contributed by atoms with Crippen molar-refractivity contribution in [2.45, 2.75) is 27.6 Å². The van der Waals surface area contributed by atoms with Crippen molar-refractivity contribution in [3.8, 4) is 24.7 Å². The van der Waals surface area contributed by atoms with Gasteiger partial charge in [0, 0.05) is 20.9 Å². The Morgan fingerprint density at radius 1 is 0.510 bits per heavy atom. The maximum Gasteiger partial charge on any atom is 0.411 e. The number of thiol groups is 2. The number of anilines is 2. The van der Waals surface area contributed by atoms with Gasteiger partial charge in [0.15, 0.2) is 0 Å². The van der Waals surface area contributed by atoms with Gasteiger partial charge in [0.25, 0.3) is 23.6 Å². The molecule has 0 fully saturated rings. The third-order valence-corrected chi connectivity index (χ3v) is 9.01. The van der Waals surface area contributed by atoms with Gasteiger partial charge in [-0.1, -0.05) is 24.0 Å². The average Bonchev–Trinajstić information content (AvgIpc) is 3.44. The van der Waals surface area contributed by atoms with Crippen molar-refractivity contribution in [1.82, 2.24) is 0 Å². The summed E-state index contributed by atoms with van der Waals surface area (Å²) >= 11 is 8.30. The van der Waals surface area contributed by atoms with E-state index in [9.17, 15) is 19.2 Å². The summed E-state index contributed by atoms with van der Waals surface area (Å²) in [6.45, 7) is 0. The van der Waals surface area contributed by atoms with E-state index in [0.717, 1.165) is 12.1 Å². The second kappa shape index (κ2) is 11.3. The second-order valence-electron chi connectivity index (χ2n) is 10.9. The minimum atomic E-state index is -6.14. The van der Waals surface area contributed by atoms with Crippen molar-refractivity contribution in [3.05, 3.63) is 117 Å². The molecule has 6 rings (SSSR count). The third-order valence-electron chi connectivity index (χ3n) is 8.26. The Kier molecular flexibility index (Phi) is 7.73. The van der Waals surface area contributed by atoms with Crippen LogP contribution in [-0.2, 0) is 5.41 Å². The van der Waals surface area contributed by atoms with Crippen molar-refractivity contribution in [2.24, 2.45) is 0 Å². The van der Waals surface area contributed by atoms with Gasteiger partial charge in [-0.3, -0.25) is 19.2 Å². The van der Waals surface area contributed by atoms with Gasteiger partial charge in [-0.2, -0.15) is 26.3 Å². The highest BCUT2D eigenvalue weighted by Crippen LogP contribution is 2.58. The number of amides is 4. The molecule has 2 aliphatic heterocycles.